The number of aromatic nitrogens is 3. The minimum atomic E-state index is -0.0521. The molecule has 4 rings (SSSR count). The lowest BCUT2D eigenvalue weighted by Crippen LogP contribution is -2.24. The highest BCUT2D eigenvalue weighted by atomic mass is 35.5. The van der Waals surface area contributed by atoms with Crippen molar-refractivity contribution in [1.82, 2.24) is 25.0 Å². The number of hydrogen-bond donors (Lipinski definition) is 1. The van der Waals surface area contributed by atoms with Crippen LogP contribution in [0.2, 0.25) is 5.02 Å². The minimum absolute atomic E-state index is 0.0521. The summed E-state index contributed by atoms with van der Waals surface area (Å²) in [5.41, 5.74) is 1.99. The second kappa shape index (κ2) is 10.1. The third-order valence-electron chi connectivity index (χ3n) is 4.99. The summed E-state index contributed by atoms with van der Waals surface area (Å²) < 4.78 is 2.06. The monoisotopic (exact) mass is 441 g/mol. The Morgan fingerprint density at radius 3 is 2.63 bits per heavy atom. The molecule has 0 bridgehead atoms. The van der Waals surface area contributed by atoms with Crippen molar-refractivity contribution in [2.45, 2.75) is 31.1 Å². The van der Waals surface area contributed by atoms with Crippen LogP contribution < -0.4 is 5.32 Å². The van der Waals surface area contributed by atoms with E-state index in [1.165, 1.54) is 24.6 Å². The maximum absolute atomic E-state index is 12.4. The van der Waals surface area contributed by atoms with E-state index >= 15 is 0 Å². The number of likely N-dealkylation sites (tertiary alicyclic amines) is 1. The van der Waals surface area contributed by atoms with Crippen molar-refractivity contribution in [3.05, 3.63) is 71.0 Å². The summed E-state index contributed by atoms with van der Waals surface area (Å²) >= 11 is 7.40. The van der Waals surface area contributed by atoms with Gasteiger partial charge in [-0.3, -0.25) is 14.3 Å². The molecule has 0 spiro atoms. The molecule has 0 atom stereocenters. The summed E-state index contributed by atoms with van der Waals surface area (Å²) in [5.74, 6) is 1.13. The molecule has 0 unspecified atom stereocenters. The summed E-state index contributed by atoms with van der Waals surface area (Å²) in [6.07, 6.45) is 2.46. The molecule has 1 fully saturated rings. The van der Waals surface area contributed by atoms with Crippen LogP contribution in [0.15, 0.2) is 59.8 Å². The Labute approximate surface area is 185 Å². The number of hydrogen-bond acceptors (Lipinski definition) is 5. The molecule has 156 valence electrons. The van der Waals surface area contributed by atoms with Gasteiger partial charge in [0.2, 0.25) is 5.91 Å². The first-order chi connectivity index (χ1) is 14.7. The van der Waals surface area contributed by atoms with Crippen molar-refractivity contribution < 1.29 is 4.79 Å². The number of para-hydroxylation sites is 1. The van der Waals surface area contributed by atoms with Crippen molar-refractivity contribution in [2.75, 3.05) is 18.8 Å². The van der Waals surface area contributed by atoms with E-state index in [2.05, 4.69) is 25.0 Å². The van der Waals surface area contributed by atoms with Gasteiger partial charge in [-0.25, -0.2) is 0 Å². The molecule has 1 N–H and O–H groups in total. The molecule has 0 aliphatic carbocycles. The van der Waals surface area contributed by atoms with Gasteiger partial charge in [-0.15, -0.1) is 10.2 Å². The van der Waals surface area contributed by atoms with Gasteiger partial charge in [-0.1, -0.05) is 53.7 Å². The first-order valence-electron chi connectivity index (χ1n) is 10.0. The largest absolute Gasteiger partial charge is 0.351 e. The summed E-state index contributed by atoms with van der Waals surface area (Å²) in [7, 11) is 0. The number of thioether (sulfide) groups is 1. The van der Waals surface area contributed by atoms with Gasteiger partial charge in [0, 0.05) is 17.3 Å². The molecular weight excluding hydrogens is 418 g/mol. The van der Waals surface area contributed by atoms with Crippen molar-refractivity contribution in [3.63, 3.8) is 0 Å². The Morgan fingerprint density at radius 2 is 1.87 bits per heavy atom. The van der Waals surface area contributed by atoms with Gasteiger partial charge in [0.05, 0.1) is 12.3 Å². The van der Waals surface area contributed by atoms with Crippen LogP contribution in [-0.4, -0.2) is 44.4 Å². The van der Waals surface area contributed by atoms with E-state index in [1.54, 1.807) is 0 Å². The zero-order chi connectivity index (χ0) is 20.8. The number of amides is 1. The number of carbonyl (C=O) groups is 1. The van der Waals surface area contributed by atoms with Crippen LogP contribution in [0.3, 0.4) is 0 Å². The molecule has 0 radical (unpaired) electrons. The van der Waals surface area contributed by atoms with Crippen LogP contribution in [0.4, 0.5) is 0 Å². The molecule has 1 aliphatic heterocycles. The van der Waals surface area contributed by atoms with Crippen LogP contribution in [0.5, 0.6) is 0 Å². The summed E-state index contributed by atoms with van der Waals surface area (Å²) in [6.45, 7) is 3.40. The molecule has 30 heavy (non-hydrogen) atoms. The predicted octanol–water partition coefficient (Wildman–Crippen LogP) is 3.93. The quantitative estimate of drug-likeness (QED) is 0.537. The number of halogens is 1. The highest BCUT2D eigenvalue weighted by Crippen LogP contribution is 2.23. The third-order valence-corrected chi connectivity index (χ3v) is 6.15. The second-order valence-corrected chi connectivity index (χ2v) is 8.63. The average molecular weight is 442 g/mol. The summed E-state index contributed by atoms with van der Waals surface area (Å²) in [5, 5.41) is 13.2. The summed E-state index contributed by atoms with van der Waals surface area (Å²) in [4.78, 5) is 14.8. The van der Waals surface area contributed by atoms with Crippen LogP contribution in [0.1, 0.15) is 24.2 Å². The molecule has 1 saturated heterocycles. The molecule has 1 aliphatic rings. The van der Waals surface area contributed by atoms with E-state index in [-0.39, 0.29) is 11.7 Å². The van der Waals surface area contributed by atoms with E-state index in [1.807, 2.05) is 54.6 Å². The first-order valence-corrected chi connectivity index (χ1v) is 11.4. The van der Waals surface area contributed by atoms with Gasteiger partial charge < -0.3 is 5.32 Å². The van der Waals surface area contributed by atoms with Crippen LogP contribution in [0, 0.1) is 0 Å². The van der Waals surface area contributed by atoms with E-state index in [0.29, 0.717) is 11.6 Å². The molecule has 1 aromatic heterocycles. The Hall–Kier alpha value is -2.35. The van der Waals surface area contributed by atoms with Crippen LogP contribution in [-0.2, 0) is 17.9 Å². The highest BCUT2D eigenvalue weighted by molar-refractivity contribution is 7.99. The van der Waals surface area contributed by atoms with Gasteiger partial charge in [0.25, 0.3) is 0 Å². The zero-order valence-electron chi connectivity index (χ0n) is 16.6. The Kier molecular flexibility index (Phi) is 7.04. The van der Waals surface area contributed by atoms with Gasteiger partial charge in [0.15, 0.2) is 11.0 Å². The molecule has 8 heteroatoms. The predicted molar refractivity (Wildman–Crippen MR) is 120 cm³/mol. The fraction of sp³-hybridized carbons (Fsp3) is 0.318. The smallest absolute Gasteiger partial charge is 0.230 e. The Bertz CT molecular complexity index is 988. The van der Waals surface area contributed by atoms with Crippen LogP contribution >= 0.6 is 23.4 Å². The topological polar surface area (TPSA) is 63.1 Å². The van der Waals surface area contributed by atoms with Gasteiger partial charge >= 0.3 is 0 Å². The van der Waals surface area contributed by atoms with Crippen molar-refractivity contribution >= 4 is 29.3 Å². The van der Waals surface area contributed by atoms with Crippen molar-refractivity contribution in [1.29, 1.82) is 0 Å². The Morgan fingerprint density at radius 1 is 1.07 bits per heavy atom. The first kappa shape index (κ1) is 20.9. The van der Waals surface area contributed by atoms with E-state index in [9.17, 15) is 4.79 Å². The summed E-state index contributed by atoms with van der Waals surface area (Å²) in [6, 6.07) is 17.6. The normalized spacial score (nSPS) is 14.2. The average Bonchev–Trinajstić information content (AvgIpc) is 3.42. The maximum atomic E-state index is 12.4. The number of benzene rings is 2. The number of nitrogens with zero attached hydrogens (tertiary/aromatic N) is 4. The fourth-order valence-corrected chi connectivity index (χ4v) is 4.52. The van der Waals surface area contributed by atoms with Crippen molar-refractivity contribution in [2.24, 2.45) is 0 Å². The lowest BCUT2D eigenvalue weighted by molar-refractivity contribution is -0.118. The number of nitrogens with one attached hydrogen (secondary N) is 1. The standard InChI is InChI=1S/C22H24ClN5OS/c23-18-8-6-7-17(13-18)14-24-21(29)16-30-22-26-25-20(15-27-11-4-5-12-27)28(22)19-9-2-1-3-10-19/h1-3,6-10,13H,4-5,11-12,14-16H2,(H,24,29). The second-order valence-electron chi connectivity index (χ2n) is 7.25. The molecule has 0 saturated carbocycles. The molecule has 3 aromatic rings. The molecule has 2 aromatic carbocycles. The zero-order valence-corrected chi connectivity index (χ0v) is 18.2. The lowest BCUT2D eigenvalue weighted by atomic mass is 10.2. The van der Waals surface area contributed by atoms with Crippen LogP contribution in [0.25, 0.3) is 5.69 Å². The van der Waals surface area contributed by atoms with E-state index in [0.717, 1.165) is 41.9 Å². The molecule has 1 amide bonds. The molecular formula is C22H24ClN5OS. The lowest BCUT2D eigenvalue weighted by Gasteiger charge is -2.16. The highest BCUT2D eigenvalue weighted by Gasteiger charge is 2.20. The number of carbonyl (C=O) groups excluding carboxylic acids is 1. The Balaban J connectivity index is 1.42. The minimum Gasteiger partial charge on any atom is -0.351 e. The third kappa shape index (κ3) is 5.41. The fourth-order valence-electron chi connectivity index (χ4n) is 3.50. The number of rotatable bonds is 8. The van der Waals surface area contributed by atoms with Gasteiger partial charge in [-0.2, -0.15) is 0 Å². The van der Waals surface area contributed by atoms with Crippen molar-refractivity contribution in [3.8, 4) is 5.69 Å². The maximum Gasteiger partial charge on any atom is 0.230 e. The van der Waals surface area contributed by atoms with Gasteiger partial charge in [-0.05, 0) is 55.8 Å². The SMILES string of the molecule is O=C(CSc1nnc(CN2CCCC2)n1-c1ccccc1)NCc1cccc(Cl)c1. The van der Waals surface area contributed by atoms with Gasteiger partial charge in [0.1, 0.15) is 0 Å². The molecule has 2 heterocycles. The van der Waals surface area contributed by atoms with E-state index in [4.69, 9.17) is 11.6 Å². The van der Waals surface area contributed by atoms with E-state index < -0.39 is 0 Å². The molecule has 6 nitrogen and oxygen atoms in total.